The van der Waals surface area contributed by atoms with Crippen molar-refractivity contribution in [2.75, 3.05) is 0 Å². The summed E-state index contributed by atoms with van der Waals surface area (Å²) in [6.07, 6.45) is 7.35. The molecule has 3 N–H and O–H groups in total. The lowest BCUT2D eigenvalue weighted by atomic mass is 9.33. The number of hydrogen-bond acceptors (Lipinski definition) is 4. The maximum atomic E-state index is 13.1. The van der Waals surface area contributed by atoms with Gasteiger partial charge in [0.15, 0.2) is 5.78 Å². The molecule has 0 aromatic heterocycles. The number of carboxylic acids is 1. The summed E-state index contributed by atoms with van der Waals surface area (Å²) in [7, 11) is 0. The number of carboxylic acid groups (broad SMARTS) is 1. The molecule has 4 fully saturated rings. The topological polar surface area (TPSA) is 94.8 Å². The Morgan fingerprint density at radius 1 is 0.971 bits per heavy atom. The van der Waals surface area contributed by atoms with Gasteiger partial charge in [0, 0.05) is 17.8 Å². The number of fused-ring (bicyclic) bond motifs is 7. The van der Waals surface area contributed by atoms with Gasteiger partial charge in [0.1, 0.15) is 6.10 Å². The van der Waals surface area contributed by atoms with Crippen LogP contribution in [-0.2, 0) is 9.59 Å². The molecule has 0 heterocycles. The number of allylic oxidation sites excluding steroid dienone is 1. The molecule has 0 aromatic carbocycles. The second-order valence-corrected chi connectivity index (χ2v) is 14.7. The van der Waals surface area contributed by atoms with Gasteiger partial charge >= 0.3 is 5.97 Å². The van der Waals surface area contributed by atoms with Crippen molar-refractivity contribution in [3.63, 3.8) is 0 Å². The predicted octanol–water partition coefficient (Wildman–Crippen LogP) is 5.38. The van der Waals surface area contributed by atoms with Crippen LogP contribution in [0.5, 0.6) is 0 Å². The largest absolute Gasteiger partial charge is 0.481 e. The highest BCUT2D eigenvalue weighted by molar-refractivity contribution is 5.85. The molecule has 5 heteroatoms. The summed E-state index contributed by atoms with van der Waals surface area (Å²) < 4.78 is 0. The first-order chi connectivity index (χ1) is 16.0. The Bertz CT molecular complexity index is 995. The lowest BCUT2D eigenvalue weighted by Gasteiger charge is -2.71. The number of hydrogen-bond donors (Lipinski definition) is 3. The van der Waals surface area contributed by atoms with Gasteiger partial charge in [0.05, 0.1) is 11.0 Å². The third-order valence-electron chi connectivity index (χ3n) is 13.2. The Hall–Kier alpha value is -1.20. The lowest BCUT2D eigenvalue weighted by Crippen LogP contribution is -2.68. The standard InChI is InChI=1S/C30H46O5/c1-17-10-13-30(24(33)34)15-14-27(5)18(22(30)29(17,7)35)8-9-21-26(4)16-19(31)23(32)25(2,3)20(26)11-12-28(21,27)6/h8,17,20-23,32,35H,9-16H2,1-7H3,(H,33,34)/t17?,20-,21-,22+,23?,26+,27-,28-,29-,30+/m1/s1. The Morgan fingerprint density at radius 2 is 1.63 bits per heavy atom. The number of aliphatic hydroxyl groups is 2. The van der Waals surface area contributed by atoms with Gasteiger partial charge in [-0.2, -0.15) is 0 Å². The van der Waals surface area contributed by atoms with E-state index in [2.05, 4.69) is 47.6 Å². The summed E-state index contributed by atoms with van der Waals surface area (Å²) >= 11 is 0. The van der Waals surface area contributed by atoms with E-state index < -0.39 is 28.5 Å². The SMILES string of the molecule is CC1CC[C@]2(C(=O)O)CC[C@]3(C)C(=CC[C@@H]4[C@@]5(C)CC(=O)C(O)C(C)(C)[C@H]5CC[C@]43C)[C@H]2[C@]1(C)O. The molecule has 5 aliphatic rings. The van der Waals surface area contributed by atoms with Crippen molar-refractivity contribution in [1.29, 1.82) is 0 Å². The first-order valence-electron chi connectivity index (χ1n) is 13.9. The molecule has 10 atom stereocenters. The number of ketones is 1. The van der Waals surface area contributed by atoms with Crippen molar-refractivity contribution in [2.45, 2.75) is 112 Å². The van der Waals surface area contributed by atoms with Gasteiger partial charge in [-0.3, -0.25) is 9.59 Å². The van der Waals surface area contributed by atoms with Crippen LogP contribution >= 0.6 is 0 Å². The van der Waals surface area contributed by atoms with Crippen molar-refractivity contribution in [3.8, 4) is 0 Å². The zero-order chi connectivity index (χ0) is 26.0. The zero-order valence-electron chi connectivity index (χ0n) is 22.8. The van der Waals surface area contributed by atoms with Crippen molar-refractivity contribution in [2.24, 2.45) is 50.7 Å². The van der Waals surface area contributed by atoms with Crippen LogP contribution in [0.25, 0.3) is 0 Å². The number of aliphatic carboxylic acids is 1. The van der Waals surface area contributed by atoms with E-state index >= 15 is 0 Å². The molecule has 0 spiro atoms. The van der Waals surface area contributed by atoms with Crippen LogP contribution in [0.4, 0.5) is 0 Å². The molecule has 0 saturated heterocycles. The molecule has 5 nitrogen and oxygen atoms in total. The molecular formula is C30H46O5. The second kappa shape index (κ2) is 7.22. The molecule has 0 aromatic rings. The van der Waals surface area contributed by atoms with Crippen molar-refractivity contribution < 1.29 is 24.9 Å². The molecule has 4 saturated carbocycles. The molecule has 5 aliphatic carbocycles. The maximum absolute atomic E-state index is 13.1. The Morgan fingerprint density at radius 3 is 2.26 bits per heavy atom. The van der Waals surface area contributed by atoms with E-state index in [1.54, 1.807) is 0 Å². The first kappa shape index (κ1) is 25.4. The third-order valence-corrected chi connectivity index (χ3v) is 13.2. The third kappa shape index (κ3) is 2.83. The number of carbonyl (C=O) groups is 2. The summed E-state index contributed by atoms with van der Waals surface area (Å²) in [4.78, 5) is 25.9. The van der Waals surface area contributed by atoms with E-state index in [0.717, 1.165) is 32.1 Å². The van der Waals surface area contributed by atoms with Gasteiger partial charge in [0.25, 0.3) is 0 Å². The van der Waals surface area contributed by atoms with Crippen LogP contribution in [0.15, 0.2) is 11.6 Å². The van der Waals surface area contributed by atoms with E-state index in [1.165, 1.54) is 5.57 Å². The summed E-state index contributed by atoms with van der Waals surface area (Å²) in [5.74, 6) is -0.588. The fourth-order valence-corrected chi connectivity index (χ4v) is 10.8. The molecule has 2 unspecified atom stereocenters. The van der Waals surface area contributed by atoms with E-state index in [4.69, 9.17) is 0 Å². The predicted molar refractivity (Wildman–Crippen MR) is 134 cm³/mol. The highest BCUT2D eigenvalue weighted by Gasteiger charge is 2.71. The fourth-order valence-electron chi connectivity index (χ4n) is 10.8. The molecule has 5 rings (SSSR count). The Kier molecular flexibility index (Phi) is 5.25. The quantitative estimate of drug-likeness (QED) is 0.432. The van der Waals surface area contributed by atoms with E-state index in [9.17, 15) is 24.9 Å². The lowest BCUT2D eigenvalue weighted by molar-refractivity contribution is -0.215. The molecule has 0 radical (unpaired) electrons. The summed E-state index contributed by atoms with van der Waals surface area (Å²) in [5, 5.41) is 33.2. The minimum Gasteiger partial charge on any atom is -0.481 e. The zero-order valence-corrected chi connectivity index (χ0v) is 22.8. The first-order valence-corrected chi connectivity index (χ1v) is 13.9. The van der Waals surface area contributed by atoms with Crippen LogP contribution in [0, 0.1) is 50.7 Å². The second-order valence-electron chi connectivity index (χ2n) is 14.7. The van der Waals surface area contributed by atoms with Crippen molar-refractivity contribution in [1.82, 2.24) is 0 Å². The van der Waals surface area contributed by atoms with E-state index in [-0.39, 0.29) is 45.7 Å². The van der Waals surface area contributed by atoms with E-state index in [1.807, 2.05) is 6.92 Å². The van der Waals surface area contributed by atoms with Crippen molar-refractivity contribution >= 4 is 11.8 Å². The average Bonchev–Trinajstić information content (AvgIpc) is 2.75. The smallest absolute Gasteiger partial charge is 0.310 e. The van der Waals surface area contributed by atoms with Crippen LogP contribution in [0.1, 0.15) is 99.8 Å². The highest BCUT2D eigenvalue weighted by Crippen LogP contribution is 2.75. The van der Waals surface area contributed by atoms with Gasteiger partial charge in [-0.25, -0.2) is 0 Å². The van der Waals surface area contributed by atoms with E-state index in [0.29, 0.717) is 19.3 Å². The molecule has 0 aliphatic heterocycles. The van der Waals surface area contributed by atoms with Crippen LogP contribution in [-0.4, -0.2) is 38.8 Å². The van der Waals surface area contributed by atoms with Gasteiger partial charge < -0.3 is 15.3 Å². The number of aliphatic hydroxyl groups excluding tert-OH is 1. The molecular weight excluding hydrogens is 440 g/mol. The molecule has 196 valence electrons. The number of Topliss-reactive ketones (excluding diaryl/α,β-unsaturated/α-hetero) is 1. The molecule has 35 heavy (non-hydrogen) atoms. The summed E-state index contributed by atoms with van der Waals surface area (Å²) in [5.41, 5.74) is -1.78. The van der Waals surface area contributed by atoms with Crippen molar-refractivity contribution in [3.05, 3.63) is 11.6 Å². The highest BCUT2D eigenvalue weighted by atomic mass is 16.4. The Labute approximate surface area is 210 Å². The molecule has 0 bridgehead atoms. The summed E-state index contributed by atoms with van der Waals surface area (Å²) in [6.45, 7) is 15.1. The van der Waals surface area contributed by atoms with Crippen LogP contribution in [0.2, 0.25) is 0 Å². The Balaban J connectivity index is 1.65. The van der Waals surface area contributed by atoms with Gasteiger partial charge in [0.2, 0.25) is 0 Å². The van der Waals surface area contributed by atoms with Gasteiger partial charge in [-0.1, -0.05) is 53.2 Å². The monoisotopic (exact) mass is 486 g/mol. The van der Waals surface area contributed by atoms with Crippen LogP contribution < -0.4 is 0 Å². The normalized spacial score (nSPS) is 55.1. The fraction of sp³-hybridized carbons (Fsp3) is 0.867. The van der Waals surface area contributed by atoms with Crippen LogP contribution in [0.3, 0.4) is 0 Å². The molecule has 0 amide bonds. The minimum absolute atomic E-state index is 0.0319. The average molecular weight is 487 g/mol. The summed E-state index contributed by atoms with van der Waals surface area (Å²) in [6, 6.07) is 0. The van der Waals surface area contributed by atoms with Gasteiger partial charge in [-0.05, 0) is 85.9 Å². The number of carbonyl (C=O) groups excluding carboxylic acids is 1. The minimum atomic E-state index is -1.07. The maximum Gasteiger partial charge on any atom is 0.310 e. The van der Waals surface area contributed by atoms with Gasteiger partial charge in [-0.15, -0.1) is 0 Å². The number of rotatable bonds is 1.